The van der Waals surface area contributed by atoms with Gasteiger partial charge in [0.05, 0.1) is 12.5 Å². The number of amides is 1. The summed E-state index contributed by atoms with van der Waals surface area (Å²) in [6.07, 6.45) is -0.906. The van der Waals surface area contributed by atoms with Gasteiger partial charge in [-0.3, -0.25) is 9.78 Å². The van der Waals surface area contributed by atoms with E-state index in [4.69, 9.17) is 4.52 Å². The Morgan fingerprint density at radius 2 is 2.21 bits per heavy atom. The maximum absolute atomic E-state index is 13.0. The smallest absolute Gasteiger partial charge is 0.355 e. The van der Waals surface area contributed by atoms with Gasteiger partial charge in [0.15, 0.2) is 17.3 Å². The first-order valence-corrected chi connectivity index (χ1v) is 8.55. The van der Waals surface area contributed by atoms with Crippen molar-refractivity contribution in [2.45, 2.75) is 32.1 Å². The summed E-state index contributed by atoms with van der Waals surface area (Å²) in [5.41, 5.74) is 0.712. The van der Waals surface area contributed by atoms with E-state index in [-0.39, 0.29) is 37.4 Å². The number of halogens is 3. The third-order valence-electron chi connectivity index (χ3n) is 4.58. The van der Waals surface area contributed by atoms with Crippen molar-refractivity contribution >= 4 is 5.91 Å². The molecule has 28 heavy (non-hydrogen) atoms. The second-order valence-corrected chi connectivity index (χ2v) is 6.42. The molecule has 8 nitrogen and oxygen atoms in total. The van der Waals surface area contributed by atoms with Crippen LogP contribution in [0.5, 0.6) is 0 Å². The molecular weight excluding hydrogens is 377 g/mol. The number of nitrogens with one attached hydrogen (secondary N) is 1. The van der Waals surface area contributed by atoms with E-state index in [9.17, 15) is 18.0 Å². The minimum Gasteiger partial charge on any atom is -0.355 e. The Balaban J connectivity index is 1.43. The average Bonchev–Trinajstić information content (AvgIpc) is 3.33. The number of alkyl halides is 3. The Morgan fingerprint density at radius 3 is 2.96 bits per heavy atom. The molecule has 0 radical (unpaired) electrons. The fraction of sp³-hybridized carbons (Fsp3) is 0.353. The lowest BCUT2D eigenvalue weighted by molar-refractivity contribution is -0.182. The minimum absolute atomic E-state index is 0.00987. The van der Waals surface area contributed by atoms with E-state index in [2.05, 4.69) is 25.7 Å². The number of aryl methyl sites for hydroxylation is 1. The number of fused-ring (bicyclic) bond motifs is 1. The zero-order valence-electron chi connectivity index (χ0n) is 14.5. The lowest BCUT2D eigenvalue weighted by Crippen LogP contribution is -2.34. The summed E-state index contributed by atoms with van der Waals surface area (Å²) in [5.74, 6) is -0.827. The Hall–Kier alpha value is -3.24. The summed E-state index contributed by atoms with van der Waals surface area (Å²) in [6.45, 7) is -0.308. The molecule has 1 aliphatic rings. The quantitative estimate of drug-likeness (QED) is 0.732. The summed E-state index contributed by atoms with van der Waals surface area (Å²) in [7, 11) is 0. The maximum atomic E-state index is 13.0. The molecule has 3 aromatic heterocycles. The van der Waals surface area contributed by atoms with Crippen molar-refractivity contribution in [2.24, 2.45) is 5.92 Å². The van der Waals surface area contributed by atoms with Crippen LogP contribution in [0.15, 0.2) is 35.1 Å². The molecule has 4 rings (SSSR count). The zero-order valence-corrected chi connectivity index (χ0v) is 14.5. The van der Waals surface area contributed by atoms with Gasteiger partial charge in [-0.15, -0.1) is 10.2 Å². The van der Waals surface area contributed by atoms with Crippen LogP contribution in [0.25, 0.3) is 11.3 Å². The molecule has 0 spiro atoms. The number of hydrogen-bond donors (Lipinski definition) is 1. The highest BCUT2D eigenvalue weighted by Crippen LogP contribution is 2.34. The third-order valence-corrected chi connectivity index (χ3v) is 4.58. The van der Waals surface area contributed by atoms with Gasteiger partial charge in [0.1, 0.15) is 5.82 Å². The summed E-state index contributed by atoms with van der Waals surface area (Å²) in [5, 5.41) is 14.1. The molecule has 0 fully saturated rings. The van der Waals surface area contributed by atoms with Crippen molar-refractivity contribution in [3.63, 3.8) is 0 Å². The molecule has 1 N–H and O–H groups in total. The van der Waals surface area contributed by atoms with Crippen LogP contribution in [-0.2, 0) is 19.5 Å². The number of hydrogen-bond acceptors (Lipinski definition) is 6. The minimum atomic E-state index is -4.27. The molecule has 1 atom stereocenters. The summed E-state index contributed by atoms with van der Waals surface area (Å²) in [4.78, 5) is 16.3. The third kappa shape index (κ3) is 3.59. The average molecular weight is 392 g/mol. The number of rotatable bonds is 4. The van der Waals surface area contributed by atoms with E-state index >= 15 is 0 Å². The first-order chi connectivity index (χ1) is 13.4. The summed E-state index contributed by atoms with van der Waals surface area (Å²) in [6, 6.07) is 4.94. The number of nitrogens with zero attached hydrogens (tertiary/aromatic N) is 5. The van der Waals surface area contributed by atoms with Gasteiger partial charge in [-0.2, -0.15) is 13.2 Å². The van der Waals surface area contributed by atoms with Crippen molar-refractivity contribution in [3.8, 4) is 11.3 Å². The standard InChI is InChI=1S/C17H15F3N6O2/c18-17(19,20)11-3-4-14-23-24-15(26(14)9-11)8-22-16(27)12-6-13(28-25-12)10-2-1-5-21-7-10/h1-2,5-7,11H,3-4,8-9H2,(H,22,27)/t11-/m1/s1. The molecule has 0 aromatic carbocycles. The van der Waals surface area contributed by atoms with Crippen LogP contribution >= 0.6 is 0 Å². The number of pyridine rings is 1. The number of carbonyl (C=O) groups is 1. The monoisotopic (exact) mass is 392 g/mol. The highest BCUT2D eigenvalue weighted by atomic mass is 19.4. The van der Waals surface area contributed by atoms with Crippen LogP contribution in [0, 0.1) is 5.92 Å². The van der Waals surface area contributed by atoms with Gasteiger partial charge >= 0.3 is 6.18 Å². The molecule has 0 aliphatic carbocycles. The number of aromatic nitrogens is 5. The summed E-state index contributed by atoms with van der Waals surface area (Å²) >= 11 is 0. The van der Waals surface area contributed by atoms with Crippen LogP contribution in [0.1, 0.15) is 28.6 Å². The van der Waals surface area contributed by atoms with Gasteiger partial charge in [-0.25, -0.2) is 0 Å². The second kappa shape index (κ2) is 7.06. The Labute approximate surface area is 156 Å². The van der Waals surface area contributed by atoms with Gasteiger partial charge < -0.3 is 14.4 Å². The van der Waals surface area contributed by atoms with Crippen molar-refractivity contribution < 1.29 is 22.5 Å². The van der Waals surface area contributed by atoms with Gasteiger partial charge in [0, 0.05) is 37.0 Å². The van der Waals surface area contributed by atoms with Gasteiger partial charge in [0.25, 0.3) is 5.91 Å². The van der Waals surface area contributed by atoms with Crippen LogP contribution in [-0.4, -0.2) is 37.0 Å². The van der Waals surface area contributed by atoms with E-state index in [1.165, 1.54) is 10.6 Å². The molecule has 1 amide bonds. The van der Waals surface area contributed by atoms with Crippen LogP contribution in [0.2, 0.25) is 0 Å². The molecule has 1 aliphatic heterocycles. The molecule has 0 saturated heterocycles. The lowest BCUT2D eigenvalue weighted by Gasteiger charge is -2.26. The van der Waals surface area contributed by atoms with Gasteiger partial charge in [0.2, 0.25) is 0 Å². The van der Waals surface area contributed by atoms with Crippen LogP contribution in [0.4, 0.5) is 13.2 Å². The zero-order chi connectivity index (χ0) is 19.7. The van der Waals surface area contributed by atoms with E-state index in [1.807, 2.05) is 0 Å². The Morgan fingerprint density at radius 1 is 1.36 bits per heavy atom. The van der Waals surface area contributed by atoms with Crippen molar-refractivity contribution in [3.05, 3.63) is 47.9 Å². The van der Waals surface area contributed by atoms with E-state index in [0.717, 1.165) is 0 Å². The van der Waals surface area contributed by atoms with E-state index < -0.39 is 18.0 Å². The van der Waals surface area contributed by atoms with Crippen LogP contribution in [0.3, 0.4) is 0 Å². The Kier molecular flexibility index (Phi) is 4.57. The molecule has 3 aromatic rings. The van der Waals surface area contributed by atoms with Crippen molar-refractivity contribution in [1.82, 2.24) is 30.2 Å². The topological polar surface area (TPSA) is 98.7 Å². The van der Waals surface area contributed by atoms with Gasteiger partial charge in [-0.1, -0.05) is 5.16 Å². The first-order valence-electron chi connectivity index (χ1n) is 8.55. The molecular formula is C17H15F3N6O2. The van der Waals surface area contributed by atoms with Gasteiger partial charge in [-0.05, 0) is 18.6 Å². The molecule has 11 heteroatoms. The molecule has 0 unspecified atom stereocenters. The fourth-order valence-corrected chi connectivity index (χ4v) is 3.06. The predicted octanol–water partition coefficient (Wildman–Crippen LogP) is 2.38. The Bertz CT molecular complexity index is 982. The van der Waals surface area contributed by atoms with Crippen LogP contribution < -0.4 is 5.32 Å². The number of carbonyl (C=O) groups excluding carboxylic acids is 1. The van der Waals surface area contributed by atoms with Crippen molar-refractivity contribution in [1.29, 1.82) is 0 Å². The largest absolute Gasteiger partial charge is 0.393 e. The molecule has 0 saturated carbocycles. The SMILES string of the molecule is O=C(NCc1nnc2n1C[C@H](C(F)(F)F)CC2)c1cc(-c2cccnc2)on1. The second-order valence-electron chi connectivity index (χ2n) is 6.42. The predicted molar refractivity (Wildman–Crippen MR) is 88.8 cm³/mol. The van der Waals surface area contributed by atoms with Crippen molar-refractivity contribution in [2.75, 3.05) is 0 Å². The highest BCUT2D eigenvalue weighted by Gasteiger charge is 2.42. The molecule has 0 bridgehead atoms. The first kappa shape index (κ1) is 18.1. The van der Waals surface area contributed by atoms with E-state index in [0.29, 0.717) is 17.1 Å². The summed E-state index contributed by atoms with van der Waals surface area (Å²) < 4.78 is 45.6. The fourth-order valence-electron chi connectivity index (χ4n) is 3.06. The lowest BCUT2D eigenvalue weighted by atomic mass is 9.99. The maximum Gasteiger partial charge on any atom is 0.393 e. The normalized spacial score (nSPS) is 16.6. The molecule has 4 heterocycles. The highest BCUT2D eigenvalue weighted by molar-refractivity contribution is 5.92. The molecule has 146 valence electrons. The van der Waals surface area contributed by atoms with E-state index in [1.54, 1.807) is 24.5 Å².